The number of likely N-dealkylation sites (tertiary alicyclic amines) is 1. The number of hydrogen-bond acceptors (Lipinski definition) is 5. The first kappa shape index (κ1) is 18.0. The Morgan fingerprint density at radius 3 is 2.37 bits per heavy atom. The van der Waals surface area contributed by atoms with Gasteiger partial charge in [0.05, 0.1) is 5.02 Å². The van der Waals surface area contributed by atoms with Crippen molar-refractivity contribution in [3.05, 3.63) is 47.2 Å². The molecule has 4 heterocycles. The smallest absolute Gasteiger partial charge is 0.254 e. The second-order valence-corrected chi connectivity index (χ2v) is 7.45. The van der Waals surface area contributed by atoms with E-state index in [0.717, 1.165) is 69.3 Å². The molecule has 2 aromatic heterocycles. The van der Waals surface area contributed by atoms with Gasteiger partial charge >= 0.3 is 0 Å². The number of aromatic nitrogens is 2. The Balaban J connectivity index is 1.43. The van der Waals surface area contributed by atoms with E-state index in [9.17, 15) is 4.79 Å². The highest BCUT2D eigenvalue weighted by Crippen LogP contribution is 2.25. The summed E-state index contributed by atoms with van der Waals surface area (Å²) in [6, 6.07) is 7.47. The van der Waals surface area contributed by atoms with Gasteiger partial charge in [-0.1, -0.05) is 11.6 Å². The summed E-state index contributed by atoms with van der Waals surface area (Å²) in [6.07, 6.45) is 6.93. The maximum Gasteiger partial charge on any atom is 0.254 e. The standard InChI is InChI=1S/C20H24ClN5O/c21-17-5-4-7-23-19(17)25-13-11-24(12-14-25)18-15-16(6-8-22-18)20(27)26-9-2-1-3-10-26/h4-8,15H,1-3,9-14H2. The minimum Gasteiger partial charge on any atom is -0.353 e. The molecule has 0 aromatic carbocycles. The number of rotatable bonds is 3. The van der Waals surface area contributed by atoms with Gasteiger partial charge in [0, 0.05) is 57.2 Å². The topological polar surface area (TPSA) is 52.6 Å². The molecular formula is C20H24ClN5O. The Hall–Kier alpha value is -2.34. The third kappa shape index (κ3) is 4.00. The van der Waals surface area contributed by atoms with Gasteiger partial charge in [-0.2, -0.15) is 0 Å². The molecule has 2 aromatic rings. The van der Waals surface area contributed by atoms with Gasteiger partial charge in [0.1, 0.15) is 11.6 Å². The quantitative estimate of drug-likeness (QED) is 0.812. The van der Waals surface area contributed by atoms with E-state index >= 15 is 0 Å². The van der Waals surface area contributed by atoms with E-state index < -0.39 is 0 Å². The fourth-order valence-electron chi connectivity index (χ4n) is 3.76. The van der Waals surface area contributed by atoms with Crippen molar-refractivity contribution in [2.24, 2.45) is 0 Å². The molecule has 0 N–H and O–H groups in total. The van der Waals surface area contributed by atoms with Crippen LogP contribution in [0.15, 0.2) is 36.7 Å². The Labute approximate surface area is 164 Å². The highest BCUT2D eigenvalue weighted by Gasteiger charge is 2.23. The Kier molecular flexibility index (Phi) is 5.43. The lowest BCUT2D eigenvalue weighted by atomic mass is 10.1. The van der Waals surface area contributed by atoms with Crippen molar-refractivity contribution in [2.75, 3.05) is 49.1 Å². The number of amides is 1. The van der Waals surface area contributed by atoms with E-state index in [1.165, 1.54) is 6.42 Å². The Morgan fingerprint density at radius 1 is 0.889 bits per heavy atom. The minimum absolute atomic E-state index is 0.122. The van der Waals surface area contributed by atoms with Crippen molar-refractivity contribution in [2.45, 2.75) is 19.3 Å². The lowest BCUT2D eigenvalue weighted by molar-refractivity contribution is 0.0724. The van der Waals surface area contributed by atoms with Crippen LogP contribution in [0.1, 0.15) is 29.6 Å². The predicted octanol–water partition coefficient (Wildman–Crippen LogP) is 3.08. The van der Waals surface area contributed by atoms with Gasteiger partial charge in [-0.15, -0.1) is 0 Å². The van der Waals surface area contributed by atoms with E-state index in [2.05, 4.69) is 19.8 Å². The molecule has 6 nitrogen and oxygen atoms in total. The van der Waals surface area contributed by atoms with E-state index in [4.69, 9.17) is 11.6 Å². The highest BCUT2D eigenvalue weighted by atomic mass is 35.5. The van der Waals surface area contributed by atoms with Crippen LogP contribution in [-0.2, 0) is 0 Å². The average Bonchev–Trinajstić information content (AvgIpc) is 2.74. The molecule has 27 heavy (non-hydrogen) atoms. The predicted molar refractivity (Wildman–Crippen MR) is 108 cm³/mol. The summed E-state index contributed by atoms with van der Waals surface area (Å²) in [5.74, 6) is 1.82. The molecular weight excluding hydrogens is 362 g/mol. The van der Waals surface area contributed by atoms with E-state index in [-0.39, 0.29) is 5.91 Å². The summed E-state index contributed by atoms with van der Waals surface area (Å²) >= 11 is 6.27. The van der Waals surface area contributed by atoms with Crippen LogP contribution in [0.25, 0.3) is 0 Å². The van der Waals surface area contributed by atoms with Gasteiger partial charge < -0.3 is 14.7 Å². The summed E-state index contributed by atoms with van der Waals surface area (Å²) in [6.45, 7) is 5.01. The second kappa shape index (κ2) is 8.13. The number of piperidine rings is 1. The number of hydrogen-bond donors (Lipinski definition) is 0. The molecule has 2 aliphatic rings. The van der Waals surface area contributed by atoms with Gasteiger partial charge in [-0.3, -0.25) is 4.79 Å². The first-order valence-corrected chi connectivity index (χ1v) is 9.96. The van der Waals surface area contributed by atoms with E-state index in [1.807, 2.05) is 29.2 Å². The minimum atomic E-state index is 0.122. The number of nitrogens with zero attached hydrogens (tertiary/aromatic N) is 5. The molecule has 0 aliphatic carbocycles. The summed E-state index contributed by atoms with van der Waals surface area (Å²) in [5.41, 5.74) is 0.733. The first-order valence-electron chi connectivity index (χ1n) is 9.58. The first-order chi connectivity index (χ1) is 13.2. The average molecular weight is 386 g/mol. The van der Waals surface area contributed by atoms with Crippen LogP contribution in [0, 0.1) is 0 Å². The van der Waals surface area contributed by atoms with Crippen LogP contribution >= 0.6 is 11.6 Å². The highest BCUT2D eigenvalue weighted by molar-refractivity contribution is 6.32. The molecule has 0 spiro atoms. The van der Waals surface area contributed by atoms with Gasteiger partial charge in [0.2, 0.25) is 0 Å². The van der Waals surface area contributed by atoms with Crippen LogP contribution in [0.5, 0.6) is 0 Å². The summed E-state index contributed by atoms with van der Waals surface area (Å²) in [7, 11) is 0. The molecule has 7 heteroatoms. The Bertz CT molecular complexity index is 800. The van der Waals surface area contributed by atoms with Crippen molar-refractivity contribution in [3.63, 3.8) is 0 Å². The molecule has 142 valence electrons. The maximum absolute atomic E-state index is 12.8. The third-order valence-electron chi connectivity index (χ3n) is 5.28. The zero-order valence-electron chi connectivity index (χ0n) is 15.4. The zero-order chi connectivity index (χ0) is 18.6. The molecule has 0 atom stereocenters. The van der Waals surface area contributed by atoms with Crippen molar-refractivity contribution >= 4 is 29.1 Å². The van der Waals surface area contributed by atoms with Crippen molar-refractivity contribution in [1.29, 1.82) is 0 Å². The van der Waals surface area contributed by atoms with Crippen LogP contribution in [0.4, 0.5) is 11.6 Å². The number of piperazine rings is 1. The monoisotopic (exact) mass is 385 g/mol. The summed E-state index contributed by atoms with van der Waals surface area (Å²) < 4.78 is 0. The van der Waals surface area contributed by atoms with Gasteiger partial charge in [-0.05, 0) is 43.5 Å². The fourth-order valence-corrected chi connectivity index (χ4v) is 4.00. The normalized spacial score (nSPS) is 17.9. The second-order valence-electron chi connectivity index (χ2n) is 7.04. The number of anilines is 2. The van der Waals surface area contributed by atoms with Gasteiger partial charge in [-0.25, -0.2) is 9.97 Å². The molecule has 1 amide bonds. The maximum atomic E-state index is 12.8. The van der Waals surface area contributed by atoms with E-state index in [0.29, 0.717) is 5.02 Å². The van der Waals surface area contributed by atoms with Crippen LogP contribution in [-0.4, -0.2) is 60.0 Å². The fraction of sp³-hybridized carbons (Fsp3) is 0.450. The number of carbonyl (C=O) groups is 1. The lowest BCUT2D eigenvalue weighted by Gasteiger charge is -2.36. The summed E-state index contributed by atoms with van der Waals surface area (Å²) in [4.78, 5) is 28.0. The van der Waals surface area contributed by atoms with Crippen LogP contribution in [0.3, 0.4) is 0 Å². The lowest BCUT2D eigenvalue weighted by Crippen LogP contribution is -2.47. The third-order valence-corrected chi connectivity index (χ3v) is 5.57. The molecule has 2 fully saturated rings. The largest absolute Gasteiger partial charge is 0.353 e. The van der Waals surface area contributed by atoms with Gasteiger partial charge in [0.25, 0.3) is 5.91 Å². The zero-order valence-corrected chi connectivity index (χ0v) is 16.1. The van der Waals surface area contributed by atoms with Gasteiger partial charge in [0.15, 0.2) is 0 Å². The van der Waals surface area contributed by atoms with Crippen LogP contribution in [0.2, 0.25) is 5.02 Å². The Morgan fingerprint density at radius 2 is 1.63 bits per heavy atom. The number of pyridine rings is 2. The van der Waals surface area contributed by atoms with Crippen LogP contribution < -0.4 is 9.80 Å². The molecule has 0 bridgehead atoms. The molecule has 4 rings (SSSR count). The summed E-state index contributed by atoms with van der Waals surface area (Å²) in [5, 5.41) is 0.679. The van der Waals surface area contributed by atoms with Crippen molar-refractivity contribution in [1.82, 2.24) is 14.9 Å². The number of halogens is 1. The molecule has 0 saturated carbocycles. The molecule has 2 saturated heterocycles. The molecule has 0 radical (unpaired) electrons. The SMILES string of the molecule is O=C(c1ccnc(N2CCN(c3ncccc3Cl)CC2)c1)N1CCCCC1. The number of carbonyl (C=O) groups excluding carboxylic acids is 1. The van der Waals surface area contributed by atoms with Crippen molar-refractivity contribution < 1.29 is 4.79 Å². The van der Waals surface area contributed by atoms with E-state index in [1.54, 1.807) is 12.4 Å². The van der Waals surface area contributed by atoms with Crippen molar-refractivity contribution in [3.8, 4) is 0 Å². The molecule has 2 aliphatic heterocycles. The molecule has 0 unspecified atom stereocenters.